The van der Waals surface area contributed by atoms with E-state index in [0.717, 1.165) is 0 Å². The maximum atomic E-state index is 4.10. The molecule has 0 radical (unpaired) electrons. The van der Waals surface area contributed by atoms with Gasteiger partial charge in [0.05, 0.1) is 6.20 Å². The molecule has 0 unspecified atom stereocenters. The standard InChI is InChI=1S/C11H16.C8H14N2.2C2H6/c1-9-5-7-10(8-6-9)11(2,3)4;1-8(2,3)7-5-9-10(4)6-7;2*1-2/h5-8H,1-4H3;5-6H,1-4H3;2*1-2H3. The number of aromatic nitrogens is 2. The molecule has 0 fully saturated rings. The maximum Gasteiger partial charge on any atom is 0.0526 e. The second kappa shape index (κ2) is 11.9. The smallest absolute Gasteiger partial charge is 0.0526 e. The lowest BCUT2D eigenvalue weighted by atomic mass is 9.87. The quantitative estimate of drug-likeness (QED) is 0.499. The van der Waals surface area contributed by atoms with Gasteiger partial charge in [0.15, 0.2) is 0 Å². The molecule has 2 heteroatoms. The molecule has 0 spiro atoms. The molecule has 1 aromatic heterocycles. The summed E-state index contributed by atoms with van der Waals surface area (Å²) in [5.74, 6) is 0. The van der Waals surface area contributed by atoms with E-state index in [1.807, 2.05) is 45.6 Å². The second-order valence-electron chi connectivity index (χ2n) is 7.77. The van der Waals surface area contributed by atoms with Crippen molar-refractivity contribution in [3.05, 3.63) is 53.3 Å². The van der Waals surface area contributed by atoms with Crippen molar-refractivity contribution in [1.82, 2.24) is 9.78 Å². The third kappa shape index (κ3) is 10.8. The first-order valence-corrected chi connectivity index (χ1v) is 9.56. The molecule has 0 saturated heterocycles. The van der Waals surface area contributed by atoms with Crippen LogP contribution < -0.4 is 0 Å². The Bertz CT molecular complexity index is 549. The molecule has 0 aliphatic heterocycles. The fourth-order valence-electron chi connectivity index (χ4n) is 1.86. The molecule has 2 aromatic rings. The van der Waals surface area contributed by atoms with Gasteiger partial charge in [0.1, 0.15) is 0 Å². The van der Waals surface area contributed by atoms with Crippen LogP contribution in [0.5, 0.6) is 0 Å². The third-order valence-corrected chi connectivity index (χ3v) is 3.49. The zero-order valence-electron chi connectivity index (χ0n) is 18.9. The molecule has 144 valence electrons. The number of aryl methyl sites for hydroxylation is 2. The first kappa shape index (κ1) is 25.7. The fraction of sp³-hybridized carbons (Fsp3) is 0.609. The van der Waals surface area contributed by atoms with Crippen molar-refractivity contribution < 1.29 is 0 Å². The van der Waals surface area contributed by atoms with Crippen LogP contribution in [0.15, 0.2) is 36.7 Å². The average Bonchev–Trinajstić information content (AvgIpc) is 2.98. The SMILES string of the molecule is CC.CC.Cc1ccc(C(C)(C)C)cc1.Cn1cc(C(C)(C)C)cn1. The number of rotatable bonds is 0. The topological polar surface area (TPSA) is 17.8 Å². The van der Waals surface area contributed by atoms with Gasteiger partial charge in [-0.3, -0.25) is 4.68 Å². The van der Waals surface area contributed by atoms with Gasteiger partial charge >= 0.3 is 0 Å². The second-order valence-corrected chi connectivity index (χ2v) is 7.77. The van der Waals surface area contributed by atoms with Crippen molar-refractivity contribution in [3.8, 4) is 0 Å². The summed E-state index contributed by atoms with van der Waals surface area (Å²) >= 11 is 0. The van der Waals surface area contributed by atoms with E-state index in [2.05, 4.69) is 84.0 Å². The highest BCUT2D eigenvalue weighted by atomic mass is 15.2. The molecule has 1 aromatic carbocycles. The van der Waals surface area contributed by atoms with Crippen molar-refractivity contribution in [1.29, 1.82) is 0 Å². The van der Waals surface area contributed by atoms with Crippen LogP contribution in [0.1, 0.15) is 85.9 Å². The Labute approximate surface area is 157 Å². The summed E-state index contributed by atoms with van der Waals surface area (Å²) in [5.41, 5.74) is 4.54. The van der Waals surface area contributed by atoms with Gasteiger partial charge in [-0.1, -0.05) is 99.1 Å². The van der Waals surface area contributed by atoms with Gasteiger partial charge in [-0.05, 0) is 28.9 Å². The van der Waals surface area contributed by atoms with Crippen LogP contribution in [0.2, 0.25) is 0 Å². The van der Waals surface area contributed by atoms with Crippen molar-refractivity contribution in [3.63, 3.8) is 0 Å². The van der Waals surface area contributed by atoms with Crippen LogP contribution in [0, 0.1) is 6.92 Å². The molecule has 2 nitrogen and oxygen atoms in total. The van der Waals surface area contributed by atoms with E-state index in [-0.39, 0.29) is 10.8 Å². The highest BCUT2D eigenvalue weighted by Gasteiger charge is 2.14. The Hall–Kier alpha value is -1.57. The van der Waals surface area contributed by atoms with Gasteiger partial charge in [0.25, 0.3) is 0 Å². The van der Waals surface area contributed by atoms with E-state index < -0.39 is 0 Å². The molecule has 0 atom stereocenters. The Balaban J connectivity index is 0. The highest BCUT2D eigenvalue weighted by Crippen LogP contribution is 2.22. The third-order valence-electron chi connectivity index (χ3n) is 3.49. The molecule has 0 bridgehead atoms. The van der Waals surface area contributed by atoms with Gasteiger partial charge in [0, 0.05) is 13.2 Å². The number of benzene rings is 1. The van der Waals surface area contributed by atoms with Crippen molar-refractivity contribution in [2.75, 3.05) is 0 Å². The van der Waals surface area contributed by atoms with E-state index in [9.17, 15) is 0 Å². The summed E-state index contributed by atoms with van der Waals surface area (Å²) in [6, 6.07) is 8.74. The van der Waals surface area contributed by atoms with Gasteiger partial charge < -0.3 is 0 Å². The number of nitrogens with zero attached hydrogens (tertiary/aromatic N) is 2. The van der Waals surface area contributed by atoms with E-state index in [4.69, 9.17) is 0 Å². The van der Waals surface area contributed by atoms with Crippen molar-refractivity contribution in [2.45, 2.75) is 87.0 Å². The van der Waals surface area contributed by atoms with Crippen LogP contribution in [0.4, 0.5) is 0 Å². The van der Waals surface area contributed by atoms with E-state index in [1.54, 1.807) is 0 Å². The van der Waals surface area contributed by atoms with Gasteiger partial charge in [-0.2, -0.15) is 5.10 Å². The predicted molar refractivity (Wildman–Crippen MR) is 114 cm³/mol. The Morgan fingerprint density at radius 1 is 0.720 bits per heavy atom. The molecule has 25 heavy (non-hydrogen) atoms. The zero-order chi connectivity index (χ0) is 20.3. The van der Waals surface area contributed by atoms with Crippen LogP contribution in [0.3, 0.4) is 0 Å². The molecule has 0 aliphatic carbocycles. The van der Waals surface area contributed by atoms with Crippen LogP contribution in [0.25, 0.3) is 0 Å². The molecular formula is C23H42N2. The summed E-state index contributed by atoms with van der Waals surface area (Å²) in [6.07, 6.45) is 3.97. The van der Waals surface area contributed by atoms with E-state index in [0.29, 0.717) is 0 Å². The lowest BCUT2D eigenvalue weighted by Crippen LogP contribution is -2.10. The summed E-state index contributed by atoms with van der Waals surface area (Å²) in [7, 11) is 1.94. The van der Waals surface area contributed by atoms with Gasteiger partial charge in [0.2, 0.25) is 0 Å². The first-order chi connectivity index (χ1) is 11.5. The molecule has 0 aliphatic rings. The largest absolute Gasteiger partial charge is 0.276 e. The minimum atomic E-state index is 0.230. The maximum absolute atomic E-state index is 4.10. The minimum absolute atomic E-state index is 0.230. The average molecular weight is 347 g/mol. The van der Waals surface area contributed by atoms with Crippen LogP contribution >= 0.6 is 0 Å². The predicted octanol–water partition coefficient (Wildman–Crippen LogP) is 7.06. The Morgan fingerprint density at radius 3 is 1.36 bits per heavy atom. The summed E-state index contributed by atoms with van der Waals surface area (Å²) in [4.78, 5) is 0. The van der Waals surface area contributed by atoms with Crippen LogP contribution in [-0.2, 0) is 17.9 Å². The Kier molecular flexibility index (Phi) is 12.2. The molecule has 1 heterocycles. The van der Waals surface area contributed by atoms with Crippen LogP contribution in [-0.4, -0.2) is 9.78 Å². The lowest BCUT2D eigenvalue weighted by molar-refractivity contribution is 0.589. The van der Waals surface area contributed by atoms with Gasteiger partial charge in [-0.15, -0.1) is 0 Å². The monoisotopic (exact) mass is 346 g/mol. The zero-order valence-corrected chi connectivity index (χ0v) is 18.9. The van der Waals surface area contributed by atoms with Crippen molar-refractivity contribution >= 4 is 0 Å². The fourth-order valence-corrected chi connectivity index (χ4v) is 1.86. The molecular weight excluding hydrogens is 304 g/mol. The normalized spacial score (nSPS) is 10.4. The lowest BCUT2D eigenvalue weighted by Gasteiger charge is -2.18. The summed E-state index contributed by atoms with van der Waals surface area (Å²) in [6.45, 7) is 23.4. The molecule has 2 rings (SSSR count). The summed E-state index contributed by atoms with van der Waals surface area (Å²) < 4.78 is 1.83. The van der Waals surface area contributed by atoms with Gasteiger partial charge in [-0.25, -0.2) is 0 Å². The number of hydrogen-bond donors (Lipinski definition) is 0. The molecule has 0 amide bonds. The molecule has 0 N–H and O–H groups in total. The van der Waals surface area contributed by atoms with Crippen molar-refractivity contribution in [2.24, 2.45) is 7.05 Å². The molecule has 0 saturated carbocycles. The minimum Gasteiger partial charge on any atom is -0.276 e. The first-order valence-electron chi connectivity index (χ1n) is 9.56. The van der Waals surface area contributed by atoms with E-state index >= 15 is 0 Å². The number of hydrogen-bond acceptors (Lipinski definition) is 1. The summed E-state index contributed by atoms with van der Waals surface area (Å²) in [5, 5.41) is 4.10. The van der Waals surface area contributed by atoms with E-state index in [1.165, 1.54) is 16.7 Å². The Morgan fingerprint density at radius 2 is 1.12 bits per heavy atom. The highest BCUT2D eigenvalue weighted by molar-refractivity contribution is 5.26.